The number of hydrogen-bond acceptors (Lipinski definition) is 2. The molecule has 12 aromatic rings. The molecule has 0 unspecified atom stereocenters. The molecule has 1 aliphatic rings. The highest BCUT2D eigenvalue weighted by molar-refractivity contribution is 6.07. The van der Waals surface area contributed by atoms with Gasteiger partial charge >= 0.3 is 0 Å². The fraction of sp³-hybridized carbons (Fsp3) is 0.0159. The lowest BCUT2D eigenvalue weighted by Gasteiger charge is -2.35. The molecule has 1 aliphatic carbocycles. The van der Waals surface area contributed by atoms with Crippen molar-refractivity contribution in [1.29, 1.82) is 0 Å². The molecule has 0 N–H and O–H groups in total. The molecule has 0 saturated carbocycles. The molecular weight excluding hydrogens is 787 g/mol. The predicted octanol–water partition coefficient (Wildman–Crippen LogP) is 17.1. The lowest BCUT2D eigenvalue weighted by Crippen LogP contribution is -2.28. The number of rotatable bonds is 7. The van der Waals surface area contributed by atoms with Gasteiger partial charge in [0.15, 0.2) is 0 Å². The first-order valence-electron chi connectivity index (χ1n) is 22.4. The number of furan rings is 1. The summed E-state index contributed by atoms with van der Waals surface area (Å²) in [7, 11) is 0. The molecule has 0 fully saturated rings. The lowest BCUT2D eigenvalue weighted by molar-refractivity contribution is 0.669. The van der Waals surface area contributed by atoms with Crippen molar-refractivity contribution in [2.24, 2.45) is 0 Å². The molecule has 0 bridgehead atoms. The minimum absolute atomic E-state index is 0.528. The van der Waals surface area contributed by atoms with Gasteiger partial charge in [-0.3, -0.25) is 0 Å². The van der Waals surface area contributed by atoms with Crippen molar-refractivity contribution in [2.45, 2.75) is 5.41 Å². The van der Waals surface area contributed by atoms with E-state index < -0.39 is 5.41 Å². The maximum atomic E-state index is 6.37. The van der Waals surface area contributed by atoms with Crippen LogP contribution in [0.15, 0.2) is 253 Å². The summed E-state index contributed by atoms with van der Waals surface area (Å²) >= 11 is 0. The van der Waals surface area contributed by atoms with E-state index in [4.69, 9.17) is 4.42 Å². The number of nitrogens with zero attached hydrogens (tertiary/aromatic N) is 1. The Kier molecular flexibility index (Phi) is 8.47. The summed E-state index contributed by atoms with van der Waals surface area (Å²) in [4.78, 5) is 2.42. The van der Waals surface area contributed by atoms with Crippen LogP contribution in [0.2, 0.25) is 0 Å². The third-order valence-electron chi connectivity index (χ3n) is 13.7. The van der Waals surface area contributed by atoms with Gasteiger partial charge in [-0.15, -0.1) is 0 Å². The zero-order valence-corrected chi connectivity index (χ0v) is 35.5. The van der Waals surface area contributed by atoms with Gasteiger partial charge in [0.2, 0.25) is 0 Å². The summed E-state index contributed by atoms with van der Waals surface area (Å²) in [6.07, 6.45) is 0. The van der Waals surface area contributed by atoms with Crippen molar-refractivity contribution in [3.63, 3.8) is 0 Å². The maximum absolute atomic E-state index is 6.37. The second kappa shape index (κ2) is 14.8. The predicted molar refractivity (Wildman–Crippen MR) is 272 cm³/mol. The number of para-hydroxylation sites is 1. The SMILES string of the molecule is c1ccc(C2(c3ccccc3)c3ccccc3-c3ccc(N(c4ccc(-c5cc6ccccc6cc5-c5ccc6ccccc6c5)cc4)c4ccc5oc6ccccc6c5c4)cc32)cc1. The molecule has 0 aliphatic heterocycles. The fourth-order valence-electron chi connectivity index (χ4n) is 10.7. The van der Waals surface area contributed by atoms with Gasteiger partial charge in [0.25, 0.3) is 0 Å². The lowest BCUT2D eigenvalue weighted by atomic mass is 9.67. The van der Waals surface area contributed by atoms with Gasteiger partial charge in [-0.2, -0.15) is 0 Å². The summed E-state index contributed by atoms with van der Waals surface area (Å²) < 4.78 is 6.37. The minimum Gasteiger partial charge on any atom is -0.456 e. The molecule has 0 spiro atoms. The van der Waals surface area contributed by atoms with E-state index >= 15 is 0 Å². The van der Waals surface area contributed by atoms with Crippen LogP contribution in [-0.4, -0.2) is 0 Å². The molecule has 0 saturated heterocycles. The molecule has 65 heavy (non-hydrogen) atoms. The first-order valence-corrected chi connectivity index (χ1v) is 22.4. The Bertz CT molecular complexity index is 3730. The van der Waals surface area contributed by atoms with Crippen molar-refractivity contribution in [1.82, 2.24) is 0 Å². The zero-order valence-electron chi connectivity index (χ0n) is 35.5. The molecule has 2 heteroatoms. The normalized spacial score (nSPS) is 12.7. The molecule has 0 amide bonds. The summed E-state index contributed by atoms with van der Waals surface area (Å²) in [5.74, 6) is 0. The van der Waals surface area contributed by atoms with Crippen molar-refractivity contribution in [2.75, 3.05) is 4.90 Å². The molecule has 13 rings (SSSR count). The van der Waals surface area contributed by atoms with Crippen LogP contribution in [0, 0.1) is 0 Å². The Morgan fingerprint density at radius 3 is 1.55 bits per heavy atom. The Labute approximate surface area is 377 Å². The van der Waals surface area contributed by atoms with Crippen molar-refractivity contribution >= 4 is 60.5 Å². The van der Waals surface area contributed by atoms with Crippen LogP contribution in [0.4, 0.5) is 17.1 Å². The van der Waals surface area contributed by atoms with Crippen molar-refractivity contribution < 1.29 is 4.42 Å². The van der Waals surface area contributed by atoms with Crippen LogP contribution in [0.5, 0.6) is 0 Å². The third kappa shape index (κ3) is 5.88. The number of fused-ring (bicyclic) bond motifs is 8. The van der Waals surface area contributed by atoms with Crippen LogP contribution in [0.1, 0.15) is 22.3 Å². The highest BCUT2D eigenvalue weighted by Crippen LogP contribution is 2.57. The Hall–Kier alpha value is -8.46. The van der Waals surface area contributed by atoms with Gasteiger partial charge in [-0.25, -0.2) is 0 Å². The Balaban J connectivity index is 1.02. The van der Waals surface area contributed by atoms with E-state index in [9.17, 15) is 0 Å². The summed E-state index contributed by atoms with van der Waals surface area (Å²) in [6.45, 7) is 0. The number of benzene rings is 11. The number of hydrogen-bond donors (Lipinski definition) is 0. The largest absolute Gasteiger partial charge is 0.456 e. The van der Waals surface area contributed by atoms with E-state index in [1.807, 2.05) is 6.07 Å². The zero-order chi connectivity index (χ0) is 42.9. The van der Waals surface area contributed by atoms with Crippen LogP contribution in [0.3, 0.4) is 0 Å². The van der Waals surface area contributed by atoms with Crippen LogP contribution < -0.4 is 4.90 Å². The average molecular weight is 828 g/mol. The smallest absolute Gasteiger partial charge is 0.135 e. The van der Waals surface area contributed by atoms with Gasteiger partial charge in [0.1, 0.15) is 11.2 Å². The molecule has 2 nitrogen and oxygen atoms in total. The average Bonchev–Trinajstić information content (AvgIpc) is 3.90. The summed E-state index contributed by atoms with van der Waals surface area (Å²) in [5.41, 5.74) is 16.8. The monoisotopic (exact) mass is 827 g/mol. The summed E-state index contributed by atoms with van der Waals surface area (Å²) in [5, 5.41) is 7.12. The highest BCUT2D eigenvalue weighted by atomic mass is 16.3. The first-order chi connectivity index (χ1) is 32.2. The molecular formula is C63H41NO. The van der Waals surface area contributed by atoms with Crippen molar-refractivity contribution in [3.05, 3.63) is 271 Å². The van der Waals surface area contributed by atoms with E-state index in [1.165, 1.54) is 71.6 Å². The molecule has 0 radical (unpaired) electrons. The molecule has 11 aromatic carbocycles. The molecule has 1 heterocycles. The van der Waals surface area contributed by atoms with E-state index in [1.54, 1.807) is 0 Å². The number of anilines is 3. The van der Waals surface area contributed by atoms with E-state index in [2.05, 4.69) is 248 Å². The topological polar surface area (TPSA) is 16.4 Å². The van der Waals surface area contributed by atoms with Crippen LogP contribution in [-0.2, 0) is 5.41 Å². The quantitative estimate of drug-likeness (QED) is 0.159. The molecule has 1 aromatic heterocycles. The maximum Gasteiger partial charge on any atom is 0.135 e. The second-order valence-electron chi connectivity index (χ2n) is 17.2. The van der Waals surface area contributed by atoms with Gasteiger partial charge in [0, 0.05) is 27.8 Å². The van der Waals surface area contributed by atoms with Gasteiger partial charge < -0.3 is 9.32 Å². The summed E-state index contributed by atoms with van der Waals surface area (Å²) in [6, 6.07) is 91.1. The van der Waals surface area contributed by atoms with E-state index in [0.717, 1.165) is 44.6 Å². The third-order valence-corrected chi connectivity index (χ3v) is 13.7. The van der Waals surface area contributed by atoms with Crippen molar-refractivity contribution in [3.8, 4) is 33.4 Å². The Morgan fingerprint density at radius 2 is 0.815 bits per heavy atom. The second-order valence-corrected chi connectivity index (χ2v) is 17.2. The van der Waals surface area contributed by atoms with E-state index in [-0.39, 0.29) is 0 Å². The van der Waals surface area contributed by atoms with E-state index in [0.29, 0.717) is 0 Å². The van der Waals surface area contributed by atoms with Gasteiger partial charge in [0.05, 0.1) is 5.41 Å². The highest BCUT2D eigenvalue weighted by Gasteiger charge is 2.46. The Morgan fingerprint density at radius 1 is 0.292 bits per heavy atom. The fourth-order valence-corrected chi connectivity index (χ4v) is 10.7. The molecule has 304 valence electrons. The van der Waals surface area contributed by atoms with Gasteiger partial charge in [-0.1, -0.05) is 182 Å². The minimum atomic E-state index is -0.528. The first kappa shape index (κ1) is 37.1. The van der Waals surface area contributed by atoms with Crippen LogP contribution in [0.25, 0.3) is 76.9 Å². The molecule has 0 atom stereocenters. The van der Waals surface area contributed by atoms with Gasteiger partial charge in [-0.05, 0) is 144 Å². The standard InChI is InChI=1S/C63H41NO/c1-3-19-48(20-4-1)63(49-21-5-2-6-22-49)59-25-13-11-23-53(59)54-35-33-52(41-60(54)63)64(51-34-36-62-58(40-51)55-24-12-14-26-61(55)65-62)50-31-29-43(30-32-50)56-38-45-17-9-10-18-46(45)39-57(56)47-28-27-42-15-7-8-16-44(42)37-47/h1-41H. The van der Waals surface area contributed by atoms with Crippen LogP contribution >= 0.6 is 0 Å².